The van der Waals surface area contributed by atoms with Crippen molar-refractivity contribution in [3.63, 3.8) is 0 Å². The summed E-state index contributed by atoms with van der Waals surface area (Å²) >= 11 is 0. The molecule has 2 rings (SSSR count). The second-order valence-corrected chi connectivity index (χ2v) is 8.25. The predicted molar refractivity (Wildman–Crippen MR) is 109 cm³/mol. The molecule has 0 amide bonds. The molecule has 0 fully saturated rings. The third-order valence-electron chi connectivity index (χ3n) is 3.60. The van der Waals surface area contributed by atoms with Gasteiger partial charge in [0, 0.05) is 12.1 Å². The van der Waals surface area contributed by atoms with Crippen LogP contribution in [0.25, 0.3) is 0 Å². The summed E-state index contributed by atoms with van der Waals surface area (Å²) in [6.07, 6.45) is 0. The van der Waals surface area contributed by atoms with Gasteiger partial charge < -0.3 is 18.5 Å². The molecule has 0 atom stereocenters. The number of ether oxygens (including phenoxy) is 2. The average molecular weight is 442 g/mol. The molecule has 11 heteroatoms. The first-order valence-electron chi connectivity index (χ1n) is 8.81. The molecule has 0 bridgehead atoms. The Labute approximate surface area is 176 Å². The molecule has 166 valence electrons. The fraction of sp³-hybridized carbons (Fsp3) is 0.368. The maximum Gasteiger partial charge on any atom is 0.311 e. The van der Waals surface area contributed by atoms with Crippen LogP contribution in [0.3, 0.4) is 0 Å². The summed E-state index contributed by atoms with van der Waals surface area (Å²) in [4.78, 5) is 10.7. The van der Waals surface area contributed by atoms with E-state index in [4.69, 9.17) is 9.47 Å². The monoisotopic (exact) mass is 442 g/mol. The molecule has 0 saturated carbocycles. The minimum atomic E-state index is -4.41. The van der Waals surface area contributed by atoms with Gasteiger partial charge in [-0.1, -0.05) is 30.3 Å². The van der Waals surface area contributed by atoms with E-state index in [1.807, 2.05) is 51.5 Å². The topological polar surface area (TPSA) is 128 Å². The van der Waals surface area contributed by atoms with Crippen molar-refractivity contribution in [3.05, 3.63) is 64.2 Å². The van der Waals surface area contributed by atoms with Gasteiger partial charge in [0.1, 0.15) is 25.5 Å². The molecular formula is C19H26N2O8S. The predicted octanol–water partition coefficient (Wildman–Crippen LogP) is 2.35. The van der Waals surface area contributed by atoms with Crippen molar-refractivity contribution in [2.24, 2.45) is 0 Å². The largest absolute Gasteiger partial charge is 0.726 e. The normalized spacial score (nSPS) is 11.2. The third kappa shape index (κ3) is 10.7. The van der Waals surface area contributed by atoms with E-state index >= 15 is 0 Å². The van der Waals surface area contributed by atoms with Gasteiger partial charge in [-0.15, -0.1) is 0 Å². The summed E-state index contributed by atoms with van der Waals surface area (Å²) in [5.74, 6) is 0.781. The zero-order valence-electron chi connectivity index (χ0n) is 17.3. The number of nitro benzene ring substituents is 1. The van der Waals surface area contributed by atoms with E-state index in [2.05, 4.69) is 4.18 Å². The lowest BCUT2D eigenvalue weighted by molar-refractivity contribution is -0.870. The first-order chi connectivity index (χ1) is 13.9. The average Bonchev–Trinajstić information content (AvgIpc) is 2.66. The summed E-state index contributed by atoms with van der Waals surface area (Å²) in [6.45, 7) is 1.54. The van der Waals surface area contributed by atoms with Crippen LogP contribution in [0.4, 0.5) is 5.69 Å². The Morgan fingerprint density at radius 2 is 1.63 bits per heavy atom. The van der Waals surface area contributed by atoms with Crippen LogP contribution in [-0.4, -0.2) is 63.8 Å². The van der Waals surface area contributed by atoms with E-state index in [9.17, 15) is 23.1 Å². The van der Waals surface area contributed by atoms with E-state index in [-0.39, 0.29) is 11.4 Å². The Kier molecular flexibility index (Phi) is 9.66. The highest BCUT2D eigenvalue weighted by Crippen LogP contribution is 2.31. The molecule has 0 radical (unpaired) electrons. The van der Waals surface area contributed by atoms with Gasteiger partial charge in [-0.05, 0) is 11.6 Å². The Morgan fingerprint density at radius 1 is 1.03 bits per heavy atom. The quantitative estimate of drug-likeness (QED) is 0.190. The summed E-state index contributed by atoms with van der Waals surface area (Å²) in [5.41, 5.74) is 0.979. The van der Waals surface area contributed by atoms with Crippen LogP contribution in [0.5, 0.6) is 11.5 Å². The van der Waals surface area contributed by atoms with Crippen LogP contribution in [0.2, 0.25) is 0 Å². The van der Waals surface area contributed by atoms with Crippen molar-refractivity contribution in [2.75, 3.05) is 41.4 Å². The molecule has 2 aromatic rings. The molecular weight excluding hydrogens is 416 g/mol. The lowest BCUT2D eigenvalue weighted by Gasteiger charge is -2.23. The van der Waals surface area contributed by atoms with Gasteiger partial charge in [0.15, 0.2) is 0 Å². The summed E-state index contributed by atoms with van der Waals surface area (Å²) in [6, 6.07) is 14.3. The van der Waals surface area contributed by atoms with Crippen LogP contribution < -0.4 is 9.47 Å². The van der Waals surface area contributed by atoms with Crippen molar-refractivity contribution >= 4 is 16.1 Å². The molecule has 10 nitrogen and oxygen atoms in total. The van der Waals surface area contributed by atoms with Crippen molar-refractivity contribution < 1.29 is 36.0 Å². The third-order valence-corrected chi connectivity index (χ3v) is 4.01. The number of hydrogen-bond acceptors (Lipinski definition) is 8. The Balaban J connectivity index is 0.000000656. The van der Waals surface area contributed by atoms with Gasteiger partial charge in [-0.2, -0.15) is 0 Å². The van der Waals surface area contributed by atoms with Gasteiger partial charge in [0.2, 0.25) is 16.1 Å². The SMILES string of the molecule is COS(=O)(=O)[O-].C[N+](C)(C)CCOc1cc(OCc2ccccc2)ccc1[N+](=O)[O-]. The van der Waals surface area contributed by atoms with Gasteiger partial charge in [0.05, 0.1) is 33.2 Å². The Morgan fingerprint density at radius 3 is 2.13 bits per heavy atom. The highest BCUT2D eigenvalue weighted by atomic mass is 32.3. The molecule has 0 N–H and O–H groups in total. The summed E-state index contributed by atoms with van der Waals surface area (Å²) < 4.78 is 43.1. The van der Waals surface area contributed by atoms with Crippen molar-refractivity contribution in [2.45, 2.75) is 6.61 Å². The zero-order valence-corrected chi connectivity index (χ0v) is 18.1. The second-order valence-electron chi connectivity index (χ2n) is 7.10. The summed E-state index contributed by atoms with van der Waals surface area (Å²) in [7, 11) is 2.51. The number of rotatable bonds is 9. The second kappa shape index (κ2) is 11.5. The lowest BCUT2D eigenvalue weighted by atomic mass is 10.2. The van der Waals surface area contributed by atoms with Gasteiger partial charge >= 0.3 is 5.69 Å². The molecule has 30 heavy (non-hydrogen) atoms. The maximum atomic E-state index is 11.2. The standard InChI is InChI=1S/C18H23N2O4.CH4O4S/c1-20(2,3)11-12-23-18-13-16(9-10-17(18)19(21)22)24-14-15-7-5-4-6-8-15;1-5-6(2,3)4/h4-10,13H,11-12,14H2,1-3H3;1H3,(H,2,3,4)/q+1;/p-1. The van der Waals surface area contributed by atoms with E-state index in [1.54, 1.807) is 12.1 Å². The summed E-state index contributed by atoms with van der Waals surface area (Å²) in [5, 5.41) is 11.2. The van der Waals surface area contributed by atoms with Crippen LogP contribution in [-0.2, 0) is 21.2 Å². The number of likely N-dealkylation sites (N-methyl/N-ethyl adjacent to an activating group) is 1. The first kappa shape index (κ1) is 25.3. The number of benzene rings is 2. The van der Waals surface area contributed by atoms with E-state index < -0.39 is 15.3 Å². The highest BCUT2D eigenvalue weighted by Gasteiger charge is 2.17. The smallest absolute Gasteiger partial charge is 0.311 e. The molecule has 0 unspecified atom stereocenters. The van der Waals surface area contributed by atoms with Crippen molar-refractivity contribution in [1.82, 2.24) is 0 Å². The minimum absolute atomic E-state index is 0.0523. The van der Waals surface area contributed by atoms with Crippen molar-refractivity contribution in [3.8, 4) is 11.5 Å². The van der Waals surface area contributed by atoms with Crippen molar-refractivity contribution in [1.29, 1.82) is 0 Å². The molecule has 0 aliphatic heterocycles. The van der Waals surface area contributed by atoms with Crippen LogP contribution in [0.15, 0.2) is 48.5 Å². The van der Waals surface area contributed by atoms with Gasteiger partial charge in [-0.3, -0.25) is 14.3 Å². The Hall–Kier alpha value is -2.73. The Bertz CT molecular complexity index is 912. The number of nitrogens with zero attached hydrogens (tertiary/aromatic N) is 2. The lowest BCUT2D eigenvalue weighted by Crippen LogP contribution is -2.38. The van der Waals surface area contributed by atoms with E-state index in [1.165, 1.54) is 6.07 Å². The number of hydrogen-bond donors (Lipinski definition) is 0. The minimum Gasteiger partial charge on any atom is -0.726 e. The first-order valence-corrected chi connectivity index (χ1v) is 10.1. The van der Waals surface area contributed by atoms with Crippen LogP contribution in [0.1, 0.15) is 5.56 Å². The molecule has 0 aromatic heterocycles. The van der Waals surface area contributed by atoms with Gasteiger partial charge in [0.25, 0.3) is 0 Å². The van der Waals surface area contributed by atoms with Gasteiger partial charge in [-0.25, -0.2) is 8.42 Å². The van der Waals surface area contributed by atoms with E-state index in [0.29, 0.717) is 19.0 Å². The fourth-order valence-corrected chi connectivity index (χ4v) is 2.02. The molecule has 0 aliphatic rings. The molecule has 0 aliphatic carbocycles. The van der Waals surface area contributed by atoms with Crippen LogP contribution in [0, 0.1) is 10.1 Å². The molecule has 2 aromatic carbocycles. The maximum absolute atomic E-state index is 11.2. The van der Waals surface area contributed by atoms with E-state index in [0.717, 1.165) is 23.7 Å². The molecule has 0 spiro atoms. The molecule has 0 saturated heterocycles. The zero-order chi connectivity index (χ0) is 22.8. The molecule has 0 heterocycles. The fourth-order valence-electron chi connectivity index (χ4n) is 2.02. The number of nitro groups is 1. The highest BCUT2D eigenvalue weighted by molar-refractivity contribution is 7.80. The number of quaternary nitrogens is 1. The van der Waals surface area contributed by atoms with Crippen LogP contribution >= 0.6 is 0 Å².